The molecule has 0 saturated carbocycles. The quantitative estimate of drug-likeness (QED) is 0.643. The number of hydrogen-bond acceptors (Lipinski definition) is 8. The molecule has 9 heteroatoms. The van der Waals surface area contributed by atoms with Crippen molar-refractivity contribution in [3.63, 3.8) is 0 Å². The molecule has 2 heterocycles. The molecule has 0 aliphatic rings. The molecule has 0 saturated heterocycles. The maximum Gasteiger partial charge on any atom is 0.311 e. The second-order valence-corrected chi connectivity index (χ2v) is 3.97. The Morgan fingerprint density at radius 2 is 2.24 bits per heavy atom. The number of nitrogen functional groups attached to an aromatic ring is 1. The van der Waals surface area contributed by atoms with Crippen LogP contribution >= 0.6 is 11.8 Å². The number of pyridine rings is 1. The Balaban J connectivity index is 2.23. The molecule has 2 aromatic rings. The average molecular weight is 253 g/mol. The van der Waals surface area contributed by atoms with Crippen molar-refractivity contribution in [2.75, 3.05) is 5.73 Å². The van der Waals surface area contributed by atoms with Gasteiger partial charge in [-0.25, -0.2) is 4.98 Å². The van der Waals surface area contributed by atoms with E-state index in [9.17, 15) is 10.1 Å². The molecule has 2 aromatic heterocycles. The zero-order valence-corrected chi connectivity index (χ0v) is 9.47. The van der Waals surface area contributed by atoms with E-state index in [1.807, 2.05) is 0 Å². The van der Waals surface area contributed by atoms with Gasteiger partial charge in [0, 0.05) is 13.0 Å². The molecule has 0 fully saturated rings. The van der Waals surface area contributed by atoms with E-state index < -0.39 is 4.92 Å². The van der Waals surface area contributed by atoms with Crippen molar-refractivity contribution in [1.82, 2.24) is 15.2 Å². The van der Waals surface area contributed by atoms with Gasteiger partial charge in [0.05, 0.1) is 4.92 Å². The van der Waals surface area contributed by atoms with Crippen molar-refractivity contribution in [2.45, 2.75) is 17.2 Å². The van der Waals surface area contributed by atoms with Crippen molar-refractivity contribution in [2.24, 2.45) is 0 Å². The third-order valence-electron chi connectivity index (χ3n) is 1.77. The summed E-state index contributed by atoms with van der Waals surface area (Å²) in [6.45, 7) is 1.66. The fourth-order valence-electron chi connectivity index (χ4n) is 1.07. The lowest BCUT2D eigenvalue weighted by atomic mass is 10.4. The standard InChI is InChI=1S/C8H7N5O3S/c1-4-11-12-8(16-4)17-6-3-2-5(13(14)15)7(9)10-6/h2-3H,1H3,(H2,9,10). The van der Waals surface area contributed by atoms with Gasteiger partial charge in [0.2, 0.25) is 11.7 Å². The first-order valence-electron chi connectivity index (χ1n) is 4.45. The largest absolute Gasteiger partial charge is 0.416 e. The molecule has 0 aromatic carbocycles. The minimum atomic E-state index is -0.590. The minimum Gasteiger partial charge on any atom is -0.416 e. The van der Waals surface area contributed by atoms with Gasteiger partial charge < -0.3 is 10.2 Å². The molecular weight excluding hydrogens is 246 g/mol. The summed E-state index contributed by atoms with van der Waals surface area (Å²) in [5.41, 5.74) is 5.22. The van der Waals surface area contributed by atoms with Crippen LogP contribution in [-0.2, 0) is 0 Å². The predicted octanol–water partition coefficient (Wildman–Crippen LogP) is 1.41. The number of aryl methyl sites for hydroxylation is 1. The number of nitro groups is 1. The van der Waals surface area contributed by atoms with Crippen LogP contribution in [0.1, 0.15) is 5.89 Å². The van der Waals surface area contributed by atoms with Crippen molar-refractivity contribution in [3.8, 4) is 0 Å². The van der Waals surface area contributed by atoms with Gasteiger partial charge in [-0.15, -0.1) is 10.2 Å². The highest BCUT2D eigenvalue weighted by Gasteiger charge is 2.14. The number of anilines is 1. The molecule has 0 bridgehead atoms. The van der Waals surface area contributed by atoms with Gasteiger partial charge >= 0.3 is 5.69 Å². The first-order chi connectivity index (χ1) is 8.06. The van der Waals surface area contributed by atoms with E-state index in [0.29, 0.717) is 16.1 Å². The number of rotatable bonds is 3. The molecule has 0 radical (unpaired) electrons. The van der Waals surface area contributed by atoms with Crippen LogP contribution in [0.2, 0.25) is 0 Å². The maximum atomic E-state index is 10.5. The first-order valence-corrected chi connectivity index (χ1v) is 5.27. The van der Waals surface area contributed by atoms with Crippen molar-refractivity contribution in [1.29, 1.82) is 0 Å². The number of hydrogen-bond donors (Lipinski definition) is 1. The van der Waals surface area contributed by atoms with E-state index in [1.54, 1.807) is 6.92 Å². The highest BCUT2D eigenvalue weighted by Crippen LogP contribution is 2.28. The minimum absolute atomic E-state index is 0.142. The molecule has 88 valence electrons. The molecule has 2 N–H and O–H groups in total. The summed E-state index contributed by atoms with van der Waals surface area (Å²) >= 11 is 1.09. The van der Waals surface area contributed by atoms with E-state index in [1.165, 1.54) is 12.1 Å². The molecule has 0 aliphatic heterocycles. The molecule has 2 rings (SSSR count). The molecule has 0 spiro atoms. The van der Waals surface area contributed by atoms with Gasteiger partial charge in [-0.2, -0.15) is 0 Å². The van der Waals surface area contributed by atoms with Crippen LogP contribution in [-0.4, -0.2) is 20.1 Å². The topological polar surface area (TPSA) is 121 Å². The van der Waals surface area contributed by atoms with Gasteiger partial charge in [-0.3, -0.25) is 10.1 Å². The maximum absolute atomic E-state index is 10.5. The summed E-state index contributed by atoms with van der Waals surface area (Å²) in [7, 11) is 0. The zero-order valence-electron chi connectivity index (χ0n) is 8.65. The van der Waals surface area contributed by atoms with Crippen LogP contribution in [0.5, 0.6) is 0 Å². The van der Waals surface area contributed by atoms with E-state index in [2.05, 4.69) is 15.2 Å². The van der Waals surface area contributed by atoms with Gasteiger partial charge in [-0.05, 0) is 17.8 Å². The third kappa shape index (κ3) is 2.50. The average Bonchev–Trinajstić information content (AvgIpc) is 2.63. The molecule has 17 heavy (non-hydrogen) atoms. The lowest BCUT2D eigenvalue weighted by Gasteiger charge is -1.98. The Morgan fingerprint density at radius 3 is 2.76 bits per heavy atom. The molecular formula is C8H7N5O3S. The van der Waals surface area contributed by atoms with Gasteiger partial charge in [-0.1, -0.05) is 0 Å². The Labute approximate surface area is 99.4 Å². The molecule has 0 atom stereocenters. The van der Waals surface area contributed by atoms with Gasteiger partial charge in [0.15, 0.2) is 0 Å². The lowest BCUT2D eigenvalue weighted by molar-refractivity contribution is -0.384. The van der Waals surface area contributed by atoms with E-state index in [0.717, 1.165) is 11.8 Å². The van der Waals surface area contributed by atoms with Crippen molar-refractivity contribution in [3.05, 3.63) is 28.1 Å². The SMILES string of the molecule is Cc1nnc(Sc2ccc([N+](=O)[O-])c(N)n2)o1. The predicted molar refractivity (Wildman–Crippen MR) is 58.5 cm³/mol. The summed E-state index contributed by atoms with van der Waals surface area (Å²) in [5, 5.41) is 18.7. The van der Waals surface area contributed by atoms with E-state index in [-0.39, 0.29) is 11.5 Å². The summed E-state index contributed by atoms with van der Waals surface area (Å²) in [6, 6.07) is 2.76. The Kier molecular flexibility index (Phi) is 2.91. The van der Waals surface area contributed by atoms with Crippen molar-refractivity contribution >= 4 is 23.3 Å². The lowest BCUT2D eigenvalue weighted by Crippen LogP contribution is -1.98. The van der Waals surface area contributed by atoms with Crippen molar-refractivity contribution < 1.29 is 9.34 Å². The van der Waals surface area contributed by atoms with Crippen LogP contribution in [0.4, 0.5) is 11.5 Å². The zero-order chi connectivity index (χ0) is 12.4. The first kappa shape index (κ1) is 11.3. The van der Waals surface area contributed by atoms with Gasteiger partial charge in [0.25, 0.3) is 5.22 Å². The summed E-state index contributed by atoms with van der Waals surface area (Å²) in [5.74, 6) is 0.290. The normalized spacial score (nSPS) is 10.4. The fourth-order valence-corrected chi connectivity index (χ4v) is 1.77. The third-order valence-corrected chi connectivity index (χ3v) is 2.55. The van der Waals surface area contributed by atoms with Crippen LogP contribution in [0.25, 0.3) is 0 Å². The highest BCUT2D eigenvalue weighted by atomic mass is 32.2. The molecule has 0 aliphatic carbocycles. The van der Waals surface area contributed by atoms with Crippen LogP contribution < -0.4 is 5.73 Å². The Bertz CT molecular complexity index is 570. The molecule has 0 unspecified atom stereocenters. The number of aromatic nitrogens is 3. The van der Waals surface area contributed by atoms with Crippen LogP contribution in [0, 0.1) is 17.0 Å². The monoisotopic (exact) mass is 253 g/mol. The molecule has 0 amide bonds. The van der Waals surface area contributed by atoms with Gasteiger partial charge in [0.1, 0.15) is 5.03 Å². The van der Waals surface area contributed by atoms with E-state index in [4.69, 9.17) is 10.2 Å². The van der Waals surface area contributed by atoms with Crippen LogP contribution in [0.15, 0.2) is 26.8 Å². The Hall–Kier alpha value is -2.16. The summed E-state index contributed by atoms with van der Waals surface area (Å²) in [6.07, 6.45) is 0. The highest BCUT2D eigenvalue weighted by molar-refractivity contribution is 7.99. The summed E-state index contributed by atoms with van der Waals surface area (Å²) < 4.78 is 5.13. The number of nitrogens with two attached hydrogens (primary N) is 1. The number of nitrogens with zero attached hydrogens (tertiary/aromatic N) is 4. The smallest absolute Gasteiger partial charge is 0.311 e. The van der Waals surface area contributed by atoms with Crippen LogP contribution in [0.3, 0.4) is 0 Å². The summed E-state index contributed by atoms with van der Waals surface area (Å²) in [4.78, 5) is 13.8. The second kappa shape index (κ2) is 4.37. The molecule has 8 nitrogen and oxygen atoms in total. The fraction of sp³-hybridized carbons (Fsp3) is 0.125. The Morgan fingerprint density at radius 1 is 1.47 bits per heavy atom. The second-order valence-electron chi connectivity index (χ2n) is 3.00. The van der Waals surface area contributed by atoms with E-state index >= 15 is 0 Å².